The largest absolute Gasteiger partial charge is 0.497 e. The Balaban J connectivity index is 1.93. The van der Waals surface area contributed by atoms with Gasteiger partial charge in [0.2, 0.25) is 5.90 Å². The number of hydrogen-bond acceptors (Lipinski definition) is 6. The minimum atomic E-state index is -0.535. The van der Waals surface area contributed by atoms with Crippen LogP contribution in [0.1, 0.15) is 31.9 Å². The summed E-state index contributed by atoms with van der Waals surface area (Å²) in [5, 5.41) is 0.391. The minimum absolute atomic E-state index is 0.0580. The molecule has 0 saturated heterocycles. The van der Waals surface area contributed by atoms with Gasteiger partial charge in [0.25, 0.3) is 0 Å². The van der Waals surface area contributed by atoms with E-state index in [0.717, 1.165) is 0 Å². The summed E-state index contributed by atoms with van der Waals surface area (Å²) in [4.78, 5) is 16.6. The van der Waals surface area contributed by atoms with Gasteiger partial charge in [0, 0.05) is 5.56 Å². The molecule has 0 spiro atoms. The van der Waals surface area contributed by atoms with Gasteiger partial charge in [-0.1, -0.05) is 11.6 Å². The Bertz CT molecular complexity index is 964. The molecule has 0 bridgehead atoms. The molecular formula is C22H22ClNO5. The summed E-state index contributed by atoms with van der Waals surface area (Å²) in [5.74, 6) is 1.39. The van der Waals surface area contributed by atoms with Gasteiger partial charge in [0.1, 0.15) is 5.75 Å². The number of nitrogens with zero attached hydrogens (tertiary/aromatic N) is 1. The van der Waals surface area contributed by atoms with Gasteiger partial charge < -0.3 is 18.9 Å². The van der Waals surface area contributed by atoms with E-state index >= 15 is 0 Å². The molecule has 7 heteroatoms. The van der Waals surface area contributed by atoms with Crippen LogP contribution < -0.4 is 14.2 Å². The van der Waals surface area contributed by atoms with Crippen molar-refractivity contribution in [1.29, 1.82) is 0 Å². The first-order valence-corrected chi connectivity index (χ1v) is 9.59. The minimum Gasteiger partial charge on any atom is -0.497 e. The van der Waals surface area contributed by atoms with Crippen molar-refractivity contribution < 1.29 is 23.7 Å². The highest BCUT2D eigenvalue weighted by Crippen LogP contribution is 2.38. The van der Waals surface area contributed by atoms with E-state index in [4.69, 9.17) is 30.5 Å². The molecule has 0 atom stereocenters. The molecule has 6 nitrogen and oxygen atoms in total. The highest BCUT2D eigenvalue weighted by atomic mass is 35.5. The van der Waals surface area contributed by atoms with E-state index < -0.39 is 5.97 Å². The van der Waals surface area contributed by atoms with Crippen molar-refractivity contribution in [2.45, 2.75) is 26.9 Å². The predicted molar refractivity (Wildman–Crippen MR) is 112 cm³/mol. The van der Waals surface area contributed by atoms with Crippen LogP contribution in [0.15, 0.2) is 47.1 Å². The van der Waals surface area contributed by atoms with Gasteiger partial charge in [0.05, 0.1) is 24.8 Å². The number of carbonyl (C=O) groups excluding carboxylic acids is 1. The van der Waals surface area contributed by atoms with Gasteiger partial charge in [-0.25, -0.2) is 9.79 Å². The van der Waals surface area contributed by atoms with Gasteiger partial charge in [-0.2, -0.15) is 0 Å². The number of methoxy groups -OCH3 is 1. The first-order valence-electron chi connectivity index (χ1n) is 9.21. The molecule has 0 unspecified atom stereocenters. The zero-order valence-corrected chi connectivity index (χ0v) is 17.4. The van der Waals surface area contributed by atoms with Crippen molar-refractivity contribution in [3.63, 3.8) is 0 Å². The number of esters is 1. The number of rotatable bonds is 7. The van der Waals surface area contributed by atoms with Gasteiger partial charge in [0.15, 0.2) is 17.2 Å². The summed E-state index contributed by atoms with van der Waals surface area (Å²) in [5.41, 5.74) is 1.50. The molecule has 2 aromatic carbocycles. The van der Waals surface area contributed by atoms with Crippen LogP contribution in [0.4, 0.5) is 0 Å². The molecule has 152 valence electrons. The summed E-state index contributed by atoms with van der Waals surface area (Å²) < 4.78 is 21.9. The Hall–Kier alpha value is -2.99. The molecule has 1 aliphatic rings. The second-order valence-corrected chi connectivity index (χ2v) is 6.90. The van der Waals surface area contributed by atoms with E-state index in [1.807, 2.05) is 20.8 Å². The number of halogens is 1. The molecule has 0 amide bonds. The Morgan fingerprint density at radius 2 is 1.93 bits per heavy atom. The molecule has 29 heavy (non-hydrogen) atoms. The van der Waals surface area contributed by atoms with Gasteiger partial charge >= 0.3 is 5.97 Å². The molecule has 0 saturated carbocycles. The van der Waals surface area contributed by atoms with Crippen molar-refractivity contribution in [2.75, 3.05) is 13.7 Å². The zero-order valence-electron chi connectivity index (χ0n) is 16.7. The second kappa shape index (κ2) is 9.01. The molecule has 0 aliphatic carbocycles. The Kier molecular flexibility index (Phi) is 6.44. The van der Waals surface area contributed by atoms with E-state index in [9.17, 15) is 4.79 Å². The highest BCUT2D eigenvalue weighted by molar-refractivity contribution is 6.32. The summed E-state index contributed by atoms with van der Waals surface area (Å²) in [7, 11) is 1.59. The van der Waals surface area contributed by atoms with E-state index in [0.29, 0.717) is 40.0 Å². The van der Waals surface area contributed by atoms with Crippen molar-refractivity contribution >= 4 is 29.5 Å². The van der Waals surface area contributed by atoms with Crippen LogP contribution in [0, 0.1) is 0 Å². The van der Waals surface area contributed by atoms with Crippen LogP contribution in [0.3, 0.4) is 0 Å². The normalized spacial score (nSPS) is 14.8. The predicted octanol–water partition coefficient (Wildman–Crippen LogP) is 4.88. The molecular weight excluding hydrogens is 394 g/mol. The zero-order chi connectivity index (χ0) is 21.0. The van der Waals surface area contributed by atoms with Crippen molar-refractivity contribution in [1.82, 2.24) is 0 Å². The summed E-state index contributed by atoms with van der Waals surface area (Å²) in [6, 6.07) is 10.5. The topological polar surface area (TPSA) is 66.3 Å². The third-order valence-electron chi connectivity index (χ3n) is 3.95. The summed E-state index contributed by atoms with van der Waals surface area (Å²) in [6.45, 7) is 6.14. The van der Waals surface area contributed by atoms with Crippen LogP contribution in [0.5, 0.6) is 17.2 Å². The first-order chi connectivity index (χ1) is 13.9. The van der Waals surface area contributed by atoms with Crippen LogP contribution in [-0.4, -0.2) is 31.7 Å². The first kappa shape index (κ1) is 20.7. The van der Waals surface area contributed by atoms with Gasteiger partial charge in [-0.3, -0.25) is 0 Å². The number of cyclic esters (lactones) is 1. The molecule has 0 N–H and O–H groups in total. The standard InChI is InChI=1S/C22H22ClNO5/c1-5-27-19-12-14(10-17(23)20(19)28-13(2)3)11-18-22(25)29-21(24-18)15-6-8-16(26-4)9-7-15/h6-13H,5H2,1-4H3. The second-order valence-electron chi connectivity index (χ2n) is 6.49. The average Bonchev–Trinajstić information content (AvgIpc) is 3.05. The highest BCUT2D eigenvalue weighted by Gasteiger charge is 2.24. The third kappa shape index (κ3) is 4.90. The third-order valence-corrected chi connectivity index (χ3v) is 4.23. The number of ether oxygens (including phenoxy) is 4. The lowest BCUT2D eigenvalue weighted by molar-refractivity contribution is -0.129. The lowest BCUT2D eigenvalue weighted by Gasteiger charge is -2.16. The van der Waals surface area contributed by atoms with E-state index in [1.165, 1.54) is 0 Å². The maximum atomic E-state index is 12.3. The van der Waals surface area contributed by atoms with Crippen molar-refractivity contribution in [2.24, 2.45) is 4.99 Å². The maximum absolute atomic E-state index is 12.3. The number of benzene rings is 2. The Labute approximate surface area is 174 Å². The fourth-order valence-electron chi connectivity index (χ4n) is 2.71. The SMILES string of the molecule is CCOc1cc(C=C2N=C(c3ccc(OC)cc3)OC2=O)cc(Cl)c1OC(C)C. The molecule has 1 aliphatic heterocycles. The molecule has 0 aromatic heterocycles. The fourth-order valence-corrected chi connectivity index (χ4v) is 2.97. The van der Waals surface area contributed by atoms with Crippen LogP contribution >= 0.6 is 11.6 Å². The molecule has 0 fully saturated rings. The Morgan fingerprint density at radius 3 is 2.55 bits per heavy atom. The quantitative estimate of drug-likeness (QED) is 0.476. The lowest BCUT2D eigenvalue weighted by atomic mass is 10.1. The molecule has 2 aromatic rings. The van der Waals surface area contributed by atoms with E-state index in [-0.39, 0.29) is 17.7 Å². The number of hydrogen-bond donors (Lipinski definition) is 0. The molecule has 3 rings (SSSR count). The lowest BCUT2D eigenvalue weighted by Crippen LogP contribution is -2.08. The van der Waals surface area contributed by atoms with Crippen molar-refractivity contribution in [3.05, 3.63) is 58.2 Å². The van der Waals surface area contributed by atoms with Crippen LogP contribution in [-0.2, 0) is 9.53 Å². The number of aliphatic imine (C=N–C) groups is 1. The summed E-state index contributed by atoms with van der Waals surface area (Å²) in [6.07, 6.45) is 1.55. The van der Waals surface area contributed by atoms with E-state index in [1.54, 1.807) is 49.6 Å². The van der Waals surface area contributed by atoms with E-state index in [2.05, 4.69) is 4.99 Å². The summed E-state index contributed by atoms with van der Waals surface area (Å²) >= 11 is 6.39. The fraction of sp³-hybridized carbons (Fsp3) is 0.273. The molecule has 0 radical (unpaired) electrons. The van der Waals surface area contributed by atoms with Crippen molar-refractivity contribution in [3.8, 4) is 17.2 Å². The molecule has 1 heterocycles. The maximum Gasteiger partial charge on any atom is 0.363 e. The monoisotopic (exact) mass is 415 g/mol. The average molecular weight is 416 g/mol. The van der Waals surface area contributed by atoms with Crippen LogP contribution in [0.2, 0.25) is 5.02 Å². The number of carbonyl (C=O) groups is 1. The van der Waals surface area contributed by atoms with Crippen LogP contribution in [0.25, 0.3) is 6.08 Å². The van der Waals surface area contributed by atoms with Gasteiger partial charge in [-0.05, 0) is 68.8 Å². The Morgan fingerprint density at radius 1 is 1.21 bits per heavy atom. The van der Waals surface area contributed by atoms with Gasteiger partial charge in [-0.15, -0.1) is 0 Å². The smallest absolute Gasteiger partial charge is 0.363 e.